The summed E-state index contributed by atoms with van der Waals surface area (Å²) in [6.07, 6.45) is 7.06. The van der Waals surface area contributed by atoms with Gasteiger partial charge in [-0.25, -0.2) is 19.9 Å². The Morgan fingerprint density at radius 2 is 1.96 bits per heavy atom. The number of rotatable bonds is 4. The average molecular weight is 368 g/mol. The monoisotopic (exact) mass is 368 g/mol. The molecule has 3 aromatic heterocycles. The van der Waals surface area contributed by atoms with Gasteiger partial charge in [0.05, 0.1) is 31.1 Å². The Balaban J connectivity index is 1.79. The summed E-state index contributed by atoms with van der Waals surface area (Å²) in [5.74, 6) is 0.883. The molecule has 0 aromatic carbocycles. The van der Waals surface area contributed by atoms with Gasteiger partial charge in [-0.15, -0.1) is 0 Å². The van der Waals surface area contributed by atoms with E-state index >= 15 is 0 Å². The van der Waals surface area contributed by atoms with Crippen molar-refractivity contribution in [2.75, 3.05) is 36.9 Å². The van der Waals surface area contributed by atoms with Crippen molar-refractivity contribution < 1.29 is 9.53 Å². The lowest BCUT2D eigenvalue weighted by Crippen LogP contribution is -2.37. The van der Waals surface area contributed by atoms with Gasteiger partial charge in [0.15, 0.2) is 11.5 Å². The number of nitrogen functional groups attached to an aromatic ring is 1. The maximum absolute atomic E-state index is 11.2. The predicted molar refractivity (Wildman–Crippen MR) is 99.0 cm³/mol. The third-order valence-electron chi connectivity index (χ3n) is 4.27. The topological polar surface area (TPSA) is 124 Å². The normalized spacial score (nSPS) is 14.5. The summed E-state index contributed by atoms with van der Waals surface area (Å²) < 4.78 is 7.37. The van der Waals surface area contributed by atoms with Crippen molar-refractivity contribution >= 4 is 23.3 Å². The largest absolute Gasteiger partial charge is 0.378 e. The number of carbonyl (C=O) groups excluding carboxylic acids is 1. The van der Waals surface area contributed by atoms with Crippen molar-refractivity contribution in [1.82, 2.24) is 29.7 Å². The van der Waals surface area contributed by atoms with E-state index in [2.05, 4.69) is 25.2 Å². The van der Waals surface area contributed by atoms with E-state index in [1.807, 2.05) is 16.8 Å². The number of nitrogens with one attached hydrogen (secondary N) is 1. The van der Waals surface area contributed by atoms with Gasteiger partial charge in [-0.1, -0.05) is 0 Å². The molecule has 0 aliphatic carbocycles. The summed E-state index contributed by atoms with van der Waals surface area (Å²) in [5.41, 5.74) is 8.56. The first-order chi connectivity index (χ1) is 13.1. The van der Waals surface area contributed by atoms with Gasteiger partial charge in [-0.2, -0.15) is 0 Å². The molecule has 27 heavy (non-hydrogen) atoms. The molecule has 1 saturated heterocycles. The molecule has 0 bridgehead atoms. The highest BCUT2D eigenvalue weighted by Gasteiger charge is 2.19. The maximum Gasteiger partial charge on any atom is 0.219 e. The molecule has 140 valence electrons. The first-order valence-corrected chi connectivity index (χ1v) is 8.64. The van der Waals surface area contributed by atoms with Crippen LogP contribution >= 0.6 is 0 Å². The Morgan fingerprint density at radius 1 is 1.22 bits per heavy atom. The molecule has 0 unspecified atom stereocenters. The first kappa shape index (κ1) is 17.2. The summed E-state index contributed by atoms with van der Waals surface area (Å²) in [4.78, 5) is 30.9. The quantitative estimate of drug-likeness (QED) is 0.671. The number of imidazole rings is 1. The molecule has 1 amide bonds. The number of morpholine rings is 1. The zero-order valence-electron chi connectivity index (χ0n) is 14.9. The predicted octanol–water partition coefficient (Wildman–Crippen LogP) is 0.241. The zero-order chi connectivity index (χ0) is 18.8. The van der Waals surface area contributed by atoms with E-state index in [1.54, 1.807) is 12.4 Å². The van der Waals surface area contributed by atoms with Crippen LogP contribution in [0.4, 0.5) is 11.8 Å². The highest BCUT2D eigenvalue weighted by Crippen LogP contribution is 2.25. The molecule has 3 N–H and O–H groups in total. The number of hydrogen-bond donors (Lipinski definition) is 2. The summed E-state index contributed by atoms with van der Waals surface area (Å²) >= 11 is 0. The number of carbonyl (C=O) groups is 1. The third kappa shape index (κ3) is 3.65. The van der Waals surface area contributed by atoms with Gasteiger partial charge in [0, 0.05) is 50.4 Å². The second-order valence-electron chi connectivity index (χ2n) is 6.25. The van der Waals surface area contributed by atoms with Gasteiger partial charge in [0.1, 0.15) is 0 Å². The minimum Gasteiger partial charge on any atom is -0.378 e. The van der Waals surface area contributed by atoms with Crippen LogP contribution in [0.3, 0.4) is 0 Å². The molecule has 0 spiro atoms. The number of nitrogens with zero attached hydrogens (tertiary/aromatic N) is 6. The Morgan fingerprint density at radius 3 is 2.67 bits per heavy atom. The molecule has 0 radical (unpaired) electrons. The number of hydrogen-bond acceptors (Lipinski definition) is 8. The van der Waals surface area contributed by atoms with Crippen molar-refractivity contribution in [2.24, 2.45) is 0 Å². The number of fused-ring (bicyclic) bond motifs is 1. The summed E-state index contributed by atoms with van der Waals surface area (Å²) in [6.45, 7) is 4.59. The fraction of sp³-hybridized carbons (Fsp3) is 0.353. The highest BCUT2D eigenvalue weighted by molar-refractivity contribution is 5.73. The van der Waals surface area contributed by atoms with Gasteiger partial charge >= 0.3 is 0 Å². The zero-order valence-corrected chi connectivity index (χ0v) is 14.9. The van der Waals surface area contributed by atoms with Gasteiger partial charge in [-0.05, 0) is 0 Å². The fourth-order valence-electron chi connectivity index (χ4n) is 2.93. The van der Waals surface area contributed by atoms with Crippen molar-refractivity contribution in [3.05, 3.63) is 30.5 Å². The second-order valence-corrected chi connectivity index (χ2v) is 6.25. The van der Waals surface area contributed by atoms with Crippen LogP contribution < -0.4 is 16.0 Å². The molecular weight excluding hydrogens is 348 g/mol. The minimum atomic E-state index is -0.0988. The van der Waals surface area contributed by atoms with Crippen LogP contribution in [0.25, 0.3) is 16.9 Å². The van der Waals surface area contributed by atoms with E-state index in [1.165, 1.54) is 6.92 Å². The van der Waals surface area contributed by atoms with Crippen LogP contribution in [0, 0.1) is 0 Å². The van der Waals surface area contributed by atoms with Crippen LogP contribution in [-0.2, 0) is 16.1 Å². The van der Waals surface area contributed by atoms with Crippen LogP contribution in [-0.4, -0.2) is 56.5 Å². The number of ether oxygens (including phenoxy) is 1. The standard InChI is InChI=1S/C17H20N8O2/c1-11(26)19-8-13-9-25-10-14(12-6-20-17(18)21-7-12)23-16(15(25)22-13)24-2-4-27-5-3-24/h6-7,9-10H,2-5,8H2,1H3,(H,19,26)(H2,18,20,21). The van der Waals surface area contributed by atoms with Crippen molar-refractivity contribution in [2.45, 2.75) is 13.5 Å². The molecule has 1 aliphatic heterocycles. The lowest BCUT2D eigenvalue weighted by atomic mass is 10.2. The van der Waals surface area contributed by atoms with Crippen LogP contribution in [0.1, 0.15) is 12.6 Å². The van der Waals surface area contributed by atoms with Crippen molar-refractivity contribution in [3.8, 4) is 11.3 Å². The minimum absolute atomic E-state index is 0.0988. The van der Waals surface area contributed by atoms with Gasteiger partial charge < -0.3 is 25.1 Å². The van der Waals surface area contributed by atoms with Crippen molar-refractivity contribution in [1.29, 1.82) is 0 Å². The molecule has 10 heteroatoms. The summed E-state index contributed by atoms with van der Waals surface area (Å²) in [7, 11) is 0. The molecule has 4 rings (SSSR count). The van der Waals surface area contributed by atoms with E-state index in [0.29, 0.717) is 25.5 Å². The maximum atomic E-state index is 11.2. The van der Waals surface area contributed by atoms with Gasteiger partial charge in [0.2, 0.25) is 11.9 Å². The third-order valence-corrected chi connectivity index (χ3v) is 4.27. The van der Waals surface area contributed by atoms with Crippen LogP contribution in [0.5, 0.6) is 0 Å². The molecular formula is C17H20N8O2. The molecule has 3 aromatic rings. The first-order valence-electron chi connectivity index (χ1n) is 8.64. The number of nitrogens with two attached hydrogens (primary N) is 1. The number of anilines is 2. The molecule has 1 fully saturated rings. The van der Waals surface area contributed by atoms with E-state index < -0.39 is 0 Å². The lowest BCUT2D eigenvalue weighted by Gasteiger charge is -2.28. The lowest BCUT2D eigenvalue weighted by molar-refractivity contribution is -0.119. The van der Waals surface area contributed by atoms with Gasteiger partial charge in [0.25, 0.3) is 0 Å². The average Bonchev–Trinajstić information content (AvgIpc) is 3.10. The molecule has 4 heterocycles. The second kappa shape index (κ2) is 7.16. The fourth-order valence-corrected chi connectivity index (χ4v) is 2.93. The summed E-state index contributed by atoms with van der Waals surface area (Å²) in [5, 5.41) is 2.77. The molecule has 0 saturated carbocycles. The Hall–Kier alpha value is -3.27. The van der Waals surface area contributed by atoms with Gasteiger partial charge in [-0.3, -0.25) is 4.79 Å². The van der Waals surface area contributed by atoms with E-state index in [4.69, 9.17) is 15.5 Å². The number of amides is 1. The Bertz CT molecular complexity index is 963. The molecule has 0 atom stereocenters. The van der Waals surface area contributed by atoms with Crippen LogP contribution in [0.15, 0.2) is 24.8 Å². The number of aromatic nitrogens is 5. The smallest absolute Gasteiger partial charge is 0.219 e. The SMILES string of the molecule is CC(=O)NCc1cn2cc(-c3cnc(N)nc3)nc(N3CCOCC3)c2n1. The Labute approximate surface area is 155 Å². The molecule has 10 nitrogen and oxygen atoms in total. The van der Waals surface area contributed by atoms with Crippen molar-refractivity contribution in [3.63, 3.8) is 0 Å². The van der Waals surface area contributed by atoms with E-state index in [-0.39, 0.29) is 11.9 Å². The molecule has 1 aliphatic rings. The van der Waals surface area contributed by atoms with E-state index in [0.717, 1.165) is 35.8 Å². The van der Waals surface area contributed by atoms with E-state index in [9.17, 15) is 4.79 Å². The summed E-state index contributed by atoms with van der Waals surface area (Å²) in [6, 6.07) is 0. The highest BCUT2D eigenvalue weighted by atomic mass is 16.5. The van der Waals surface area contributed by atoms with Crippen LogP contribution in [0.2, 0.25) is 0 Å². The Kier molecular flexibility index (Phi) is 4.55.